The van der Waals surface area contributed by atoms with Crippen molar-refractivity contribution in [2.24, 2.45) is 0 Å². The van der Waals surface area contributed by atoms with E-state index < -0.39 is 0 Å². The molecule has 0 spiro atoms. The van der Waals surface area contributed by atoms with Crippen LogP contribution in [0.5, 0.6) is 23.0 Å². The molecule has 9 aromatic carbocycles. The number of benzene rings is 9. The molecule has 1 aliphatic rings. The number of ether oxygens (including phenoxy) is 2. The fourth-order valence-electron chi connectivity index (χ4n) is 9.28. The van der Waals surface area contributed by atoms with Gasteiger partial charge in [0, 0.05) is 55.7 Å². The molecule has 7 nitrogen and oxygen atoms in total. The van der Waals surface area contributed by atoms with Gasteiger partial charge in [0.25, 0.3) is 0 Å². The van der Waals surface area contributed by atoms with E-state index in [2.05, 4.69) is 137 Å². The summed E-state index contributed by atoms with van der Waals surface area (Å²) >= 11 is 0. The van der Waals surface area contributed by atoms with Crippen LogP contribution < -0.4 is 9.47 Å². The summed E-state index contributed by atoms with van der Waals surface area (Å²) in [5.41, 5.74) is 11.5. The van der Waals surface area contributed by atoms with Crippen molar-refractivity contribution < 1.29 is 9.47 Å². The van der Waals surface area contributed by atoms with Crippen LogP contribution in [0.25, 0.3) is 100 Å². The fourth-order valence-corrected chi connectivity index (χ4v) is 9.28. The summed E-state index contributed by atoms with van der Waals surface area (Å²) in [4.78, 5) is 14.9. The Balaban J connectivity index is 0.970. The summed E-state index contributed by atoms with van der Waals surface area (Å²) in [6.45, 7) is 0. The molecule has 0 radical (unpaired) electrons. The Morgan fingerprint density at radius 2 is 0.844 bits per heavy atom. The van der Waals surface area contributed by atoms with Gasteiger partial charge in [0.15, 0.2) is 40.5 Å². The summed E-state index contributed by atoms with van der Waals surface area (Å²) in [6.07, 6.45) is 0. The highest BCUT2D eigenvalue weighted by Crippen LogP contribution is 2.50. The van der Waals surface area contributed by atoms with Gasteiger partial charge >= 0.3 is 0 Å². The summed E-state index contributed by atoms with van der Waals surface area (Å²) in [5.74, 6) is 4.68. The van der Waals surface area contributed by atoms with E-state index in [1.807, 2.05) is 84.9 Å². The first-order valence-corrected chi connectivity index (χ1v) is 21.3. The first kappa shape index (κ1) is 35.9. The molecule has 13 rings (SSSR count). The second-order valence-corrected chi connectivity index (χ2v) is 16.0. The third-order valence-corrected chi connectivity index (χ3v) is 12.2. The van der Waals surface area contributed by atoms with Crippen LogP contribution in [0.4, 0.5) is 0 Å². The molecular weight excluding hydrogens is 787 g/mol. The highest BCUT2D eigenvalue weighted by molar-refractivity contribution is 6.26. The molecule has 7 heteroatoms. The van der Waals surface area contributed by atoms with E-state index in [0.29, 0.717) is 40.5 Å². The minimum absolute atomic E-state index is 0.623. The molecule has 0 saturated carbocycles. The van der Waals surface area contributed by atoms with E-state index in [1.54, 1.807) is 0 Å². The second-order valence-electron chi connectivity index (χ2n) is 16.0. The zero-order valence-corrected chi connectivity index (χ0v) is 34.3. The lowest BCUT2D eigenvalue weighted by atomic mass is 10.0. The Morgan fingerprint density at radius 3 is 1.53 bits per heavy atom. The molecular formula is C57H35N5O2. The number of para-hydroxylation sites is 4. The van der Waals surface area contributed by atoms with Crippen LogP contribution in [0.15, 0.2) is 212 Å². The molecule has 0 fully saturated rings. The minimum atomic E-state index is 0.623. The molecule has 4 heterocycles. The van der Waals surface area contributed by atoms with E-state index in [0.717, 1.165) is 72.0 Å². The van der Waals surface area contributed by atoms with E-state index in [1.165, 1.54) is 10.8 Å². The van der Waals surface area contributed by atoms with Crippen LogP contribution in [0.1, 0.15) is 0 Å². The number of hydrogen-bond acceptors (Lipinski definition) is 5. The maximum atomic E-state index is 6.53. The van der Waals surface area contributed by atoms with Crippen LogP contribution >= 0.6 is 0 Å². The maximum Gasteiger partial charge on any atom is 0.172 e. The van der Waals surface area contributed by atoms with Crippen molar-refractivity contribution in [1.82, 2.24) is 24.1 Å². The molecule has 0 aliphatic carbocycles. The molecule has 0 atom stereocenters. The van der Waals surface area contributed by atoms with E-state index in [9.17, 15) is 0 Å². The van der Waals surface area contributed by atoms with Crippen molar-refractivity contribution in [2.75, 3.05) is 0 Å². The van der Waals surface area contributed by atoms with Gasteiger partial charge in [-0.15, -0.1) is 0 Å². The zero-order valence-electron chi connectivity index (χ0n) is 34.3. The molecule has 0 amide bonds. The lowest BCUT2D eigenvalue weighted by Crippen LogP contribution is -2.00. The lowest BCUT2D eigenvalue weighted by Gasteiger charge is -2.20. The Morgan fingerprint density at radius 1 is 0.297 bits per heavy atom. The highest BCUT2D eigenvalue weighted by atomic mass is 16.6. The van der Waals surface area contributed by atoms with Crippen molar-refractivity contribution in [3.05, 3.63) is 212 Å². The minimum Gasteiger partial charge on any atom is -0.449 e. The zero-order chi connectivity index (χ0) is 42.1. The Hall–Kier alpha value is -8.81. The van der Waals surface area contributed by atoms with Gasteiger partial charge in [0.05, 0.1) is 22.1 Å². The third-order valence-electron chi connectivity index (χ3n) is 12.2. The van der Waals surface area contributed by atoms with E-state index >= 15 is 0 Å². The van der Waals surface area contributed by atoms with Crippen molar-refractivity contribution in [1.29, 1.82) is 0 Å². The van der Waals surface area contributed by atoms with Crippen molar-refractivity contribution in [2.45, 2.75) is 0 Å². The first-order chi connectivity index (χ1) is 31.7. The molecule has 64 heavy (non-hydrogen) atoms. The van der Waals surface area contributed by atoms with Crippen molar-refractivity contribution >= 4 is 43.6 Å². The molecule has 0 saturated heterocycles. The van der Waals surface area contributed by atoms with Gasteiger partial charge in [-0.2, -0.15) is 0 Å². The van der Waals surface area contributed by atoms with Gasteiger partial charge in [0.1, 0.15) is 0 Å². The number of rotatable bonds is 6. The maximum absolute atomic E-state index is 6.53. The number of nitrogens with zero attached hydrogens (tertiary/aromatic N) is 5. The SMILES string of the molecule is c1ccc(-c2nc(-c3ccccc3)nc(-c3cccc(-c4ccc(-n5c6ccccc6c6ccc7c(c8cc9c(cc8n7-c7ccccc7)Oc7ccccc7O9)c65)cc4)c3)n2)cc1. The molecule has 3 aromatic heterocycles. The van der Waals surface area contributed by atoms with E-state index in [4.69, 9.17) is 24.4 Å². The molecule has 0 bridgehead atoms. The molecule has 0 unspecified atom stereocenters. The predicted molar refractivity (Wildman–Crippen MR) is 257 cm³/mol. The van der Waals surface area contributed by atoms with Crippen molar-refractivity contribution in [3.8, 4) is 79.7 Å². The van der Waals surface area contributed by atoms with Gasteiger partial charge in [0.2, 0.25) is 0 Å². The summed E-state index contributed by atoms with van der Waals surface area (Å²) < 4.78 is 17.8. The normalized spacial score (nSPS) is 12.0. The van der Waals surface area contributed by atoms with Crippen LogP contribution in [0.2, 0.25) is 0 Å². The Bertz CT molecular complexity index is 3710. The molecule has 0 N–H and O–H groups in total. The van der Waals surface area contributed by atoms with E-state index in [-0.39, 0.29) is 0 Å². The molecule has 12 aromatic rings. The summed E-state index contributed by atoms with van der Waals surface area (Å²) in [6, 6.07) is 73.3. The summed E-state index contributed by atoms with van der Waals surface area (Å²) in [7, 11) is 0. The smallest absolute Gasteiger partial charge is 0.172 e. The van der Waals surface area contributed by atoms with Gasteiger partial charge in [-0.25, -0.2) is 15.0 Å². The van der Waals surface area contributed by atoms with Crippen LogP contribution in [0, 0.1) is 0 Å². The average Bonchev–Trinajstić information content (AvgIpc) is 3.88. The lowest BCUT2D eigenvalue weighted by molar-refractivity contribution is 0.360. The summed E-state index contributed by atoms with van der Waals surface area (Å²) in [5, 5.41) is 4.57. The van der Waals surface area contributed by atoms with Crippen LogP contribution in [0.3, 0.4) is 0 Å². The van der Waals surface area contributed by atoms with Crippen LogP contribution in [-0.4, -0.2) is 24.1 Å². The van der Waals surface area contributed by atoms with Gasteiger partial charge in [-0.05, 0) is 71.8 Å². The Labute approximate surface area is 367 Å². The van der Waals surface area contributed by atoms with Crippen molar-refractivity contribution in [3.63, 3.8) is 0 Å². The Kier molecular flexibility index (Phi) is 8.08. The number of aromatic nitrogens is 5. The average molecular weight is 822 g/mol. The molecule has 300 valence electrons. The highest BCUT2D eigenvalue weighted by Gasteiger charge is 2.26. The fraction of sp³-hybridized carbons (Fsp3) is 0. The van der Waals surface area contributed by atoms with Gasteiger partial charge in [-0.3, -0.25) is 0 Å². The first-order valence-electron chi connectivity index (χ1n) is 21.3. The largest absolute Gasteiger partial charge is 0.449 e. The number of fused-ring (bicyclic) bond motifs is 9. The number of hydrogen-bond donors (Lipinski definition) is 0. The second kappa shape index (κ2) is 14.4. The molecule has 1 aliphatic heterocycles. The topological polar surface area (TPSA) is 67.0 Å². The quantitative estimate of drug-likeness (QED) is 0.167. The standard InChI is InChI=1S/C57H35N5O2/c1-4-15-37(16-5-1)55-58-56(38-17-6-2-7-18-38)60-57(59-55)40-20-14-19-39(33-40)36-27-29-42(30-28-36)62-46-24-11-10-23-43(46)44-31-32-47-53(54(44)62)45-34-51-52(64-50-26-13-12-25-49(50)63-51)35-48(45)61(47)41-21-8-3-9-22-41/h1-35H. The van der Waals surface area contributed by atoms with Gasteiger partial charge < -0.3 is 18.6 Å². The van der Waals surface area contributed by atoms with Gasteiger partial charge in [-0.1, -0.05) is 146 Å². The third kappa shape index (κ3) is 5.79. The van der Waals surface area contributed by atoms with Crippen LogP contribution in [-0.2, 0) is 0 Å². The predicted octanol–water partition coefficient (Wildman–Crippen LogP) is 14.6. The monoisotopic (exact) mass is 821 g/mol.